The van der Waals surface area contributed by atoms with Crippen LogP contribution in [0.3, 0.4) is 0 Å². The average molecular weight is 349 g/mol. The number of hydrogen-bond acceptors (Lipinski definition) is 3. The number of hydrogen-bond donors (Lipinski definition) is 1. The second kappa shape index (κ2) is 6.86. The number of piperidine rings is 2. The summed E-state index contributed by atoms with van der Waals surface area (Å²) in [4.78, 5) is 5.13. The van der Waals surface area contributed by atoms with Crippen molar-refractivity contribution in [1.82, 2.24) is 4.90 Å². The van der Waals surface area contributed by atoms with Crippen molar-refractivity contribution in [1.29, 1.82) is 0 Å². The molecule has 1 saturated carbocycles. The standard InChI is InChI=1S/C20H29ClN2O/c21-17-5-1-2-6-18(17)22-13-8-16(9-14-22)23-12-4-11-20(15-23)10-3-7-19(20)24/h1-2,5-6,16,19,24H,3-4,7-15H2/t19-,20-/m1/s1. The van der Waals surface area contributed by atoms with E-state index in [2.05, 4.69) is 21.9 Å². The summed E-state index contributed by atoms with van der Waals surface area (Å²) in [5.74, 6) is 0. The van der Waals surface area contributed by atoms with Crippen LogP contribution in [-0.4, -0.2) is 48.3 Å². The molecule has 3 nitrogen and oxygen atoms in total. The van der Waals surface area contributed by atoms with Gasteiger partial charge in [-0.1, -0.05) is 30.2 Å². The second-order valence-corrected chi connectivity index (χ2v) is 8.42. The molecular formula is C20H29ClN2O. The highest BCUT2D eigenvalue weighted by Crippen LogP contribution is 2.46. The van der Waals surface area contributed by atoms with Gasteiger partial charge in [0.15, 0.2) is 0 Å². The first kappa shape index (κ1) is 16.7. The normalized spacial score (nSPS) is 32.6. The van der Waals surface area contributed by atoms with Crippen molar-refractivity contribution in [3.8, 4) is 0 Å². The topological polar surface area (TPSA) is 26.7 Å². The van der Waals surface area contributed by atoms with Crippen molar-refractivity contribution < 1.29 is 5.11 Å². The molecule has 132 valence electrons. The Labute approximate surface area is 150 Å². The van der Waals surface area contributed by atoms with E-state index in [-0.39, 0.29) is 11.5 Å². The zero-order valence-electron chi connectivity index (χ0n) is 14.5. The van der Waals surface area contributed by atoms with Crippen molar-refractivity contribution in [2.24, 2.45) is 5.41 Å². The molecule has 1 spiro atoms. The number of rotatable bonds is 2. The number of benzene rings is 1. The first-order valence-electron chi connectivity index (χ1n) is 9.60. The van der Waals surface area contributed by atoms with Crippen LogP contribution >= 0.6 is 11.6 Å². The fourth-order valence-electron chi connectivity index (χ4n) is 5.28. The Morgan fingerprint density at radius 3 is 2.46 bits per heavy atom. The quantitative estimate of drug-likeness (QED) is 0.877. The van der Waals surface area contributed by atoms with Gasteiger partial charge >= 0.3 is 0 Å². The fourth-order valence-corrected chi connectivity index (χ4v) is 5.54. The van der Waals surface area contributed by atoms with Crippen LogP contribution in [0, 0.1) is 5.41 Å². The lowest BCUT2D eigenvalue weighted by molar-refractivity contribution is -0.0262. The second-order valence-electron chi connectivity index (χ2n) is 8.01. The highest BCUT2D eigenvalue weighted by molar-refractivity contribution is 6.33. The molecule has 1 aromatic rings. The third-order valence-electron chi connectivity index (χ3n) is 6.67. The molecule has 3 fully saturated rings. The van der Waals surface area contributed by atoms with Crippen molar-refractivity contribution in [3.63, 3.8) is 0 Å². The fraction of sp³-hybridized carbons (Fsp3) is 0.700. The molecule has 4 rings (SSSR count). The van der Waals surface area contributed by atoms with E-state index in [9.17, 15) is 5.11 Å². The summed E-state index contributed by atoms with van der Waals surface area (Å²) in [5.41, 5.74) is 1.39. The van der Waals surface area contributed by atoms with Gasteiger partial charge in [-0.05, 0) is 57.2 Å². The zero-order valence-corrected chi connectivity index (χ0v) is 15.2. The molecule has 4 heteroatoms. The molecule has 2 heterocycles. The van der Waals surface area contributed by atoms with Crippen molar-refractivity contribution >= 4 is 17.3 Å². The van der Waals surface area contributed by atoms with Crippen molar-refractivity contribution in [2.75, 3.05) is 31.1 Å². The third-order valence-corrected chi connectivity index (χ3v) is 6.99. The van der Waals surface area contributed by atoms with E-state index in [0.29, 0.717) is 6.04 Å². The van der Waals surface area contributed by atoms with Gasteiger partial charge in [-0.3, -0.25) is 4.90 Å². The minimum atomic E-state index is -0.0662. The van der Waals surface area contributed by atoms with Gasteiger partial charge in [-0.15, -0.1) is 0 Å². The number of aliphatic hydroxyl groups is 1. The van der Waals surface area contributed by atoms with Gasteiger partial charge in [0.2, 0.25) is 0 Å². The average Bonchev–Trinajstić information content (AvgIpc) is 2.95. The largest absolute Gasteiger partial charge is 0.393 e. The van der Waals surface area contributed by atoms with Crippen LogP contribution in [0.15, 0.2) is 24.3 Å². The smallest absolute Gasteiger partial charge is 0.0639 e. The summed E-state index contributed by atoms with van der Waals surface area (Å²) in [6.45, 7) is 4.50. The lowest BCUT2D eigenvalue weighted by Crippen LogP contribution is -2.53. The van der Waals surface area contributed by atoms with Crippen molar-refractivity contribution in [2.45, 2.75) is 57.1 Å². The maximum Gasteiger partial charge on any atom is 0.0639 e. The molecule has 1 aromatic carbocycles. The van der Waals surface area contributed by atoms with E-state index < -0.39 is 0 Å². The van der Waals surface area contributed by atoms with Gasteiger partial charge in [0.1, 0.15) is 0 Å². The lowest BCUT2D eigenvalue weighted by atomic mass is 9.76. The number of nitrogens with zero attached hydrogens (tertiary/aromatic N) is 2. The molecule has 3 aliphatic rings. The van der Waals surface area contributed by atoms with Crippen LogP contribution in [0.25, 0.3) is 0 Å². The summed E-state index contributed by atoms with van der Waals surface area (Å²) in [6.07, 6.45) is 8.27. The molecule has 2 saturated heterocycles. The third kappa shape index (κ3) is 3.07. The van der Waals surface area contributed by atoms with Gasteiger partial charge < -0.3 is 10.0 Å². The van der Waals surface area contributed by atoms with Gasteiger partial charge in [-0.25, -0.2) is 0 Å². The lowest BCUT2D eigenvalue weighted by Gasteiger charge is -2.48. The summed E-state index contributed by atoms with van der Waals surface area (Å²) < 4.78 is 0. The van der Waals surface area contributed by atoms with E-state index in [0.717, 1.165) is 31.1 Å². The van der Waals surface area contributed by atoms with Gasteiger partial charge in [0.05, 0.1) is 16.8 Å². The first-order valence-corrected chi connectivity index (χ1v) is 9.97. The molecule has 1 aliphatic carbocycles. The zero-order chi connectivity index (χ0) is 16.6. The van der Waals surface area contributed by atoms with E-state index in [1.54, 1.807) is 0 Å². The maximum absolute atomic E-state index is 10.5. The molecule has 0 bridgehead atoms. The number of likely N-dealkylation sites (tertiary alicyclic amines) is 1. The minimum Gasteiger partial charge on any atom is -0.393 e. The molecule has 2 atom stereocenters. The Morgan fingerprint density at radius 1 is 1.00 bits per heavy atom. The Bertz CT molecular complexity index is 573. The Balaban J connectivity index is 1.38. The highest BCUT2D eigenvalue weighted by Gasteiger charge is 2.45. The number of anilines is 1. The van der Waals surface area contributed by atoms with E-state index in [1.807, 2.05) is 12.1 Å². The molecule has 2 aliphatic heterocycles. The van der Waals surface area contributed by atoms with Crippen LogP contribution in [0.5, 0.6) is 0 Å². The predicted octanol–water partition coefficient (Wildman–Crippen LogP) is 3.94. The summed E-state index contributed by atoms with van der Waals surface area (Å²) in [7, 11) is 0. The van der Waals surface area contributed by atoms with E-state index in [1.165, 1.54) is 50.8 Å². The van der Waals surface area contributed by atoms with Crippen LogP contribution < -0.4 is 4.90 Å². The van der Waals surface area contributed by atoms with Gasteiger partial charge in [-0.2, -0.15) is 0 Å². The van der Waals surface area contributed by atoms with Crippen LogP contribution in [0.2, 0.25) is 5.02 Å². The van der Waals surface area contributed by atoms with Crippen LogP contribution in [0.1, 0.15) is 44.9 Å². The van der Waals surface area contributed by atoms with Crippen molar-refractivity contribution in [3.05, 3.63) is 29.3 Å². The molecule has 0 radical (unpaired) electrons. The molecule has 1 N–H and O–H groups in total. The van der Waals surface area contributed by atoms with Crippen LogP contribution in [0.4, 0.5) is 5.69 Å². The monoisotopic (exact) mass is 348 g/mol. The Hall–Kier alpha value is -0.770. The summed E-state index contributed by atoms with van der Waals surface area (Å²) in [5, 5.41) is 11.4. The minimum absolute atomic E-state index is 0.0662. The SMILES string of the molecule is O[C@@H]1CCC[C@]12CCCN(C1CCN(c3ccccc3Cl)CC1)C2. The molecule has 0 aromatic heterocycles. The molecule has 0 amide bonds. The van der Waals surface area contributed by atoms with E-state index >= 15 is 0 Å². The molecule has 0 unspecified atom stereocenters. The highest BCUT2D eigenvalue weighted by atomic mass is 35.5. The van der Waals surface area contributed by atoms with Gasteiger partial charge in [0, 0.05) is 31.1 Å². The molecule has 24 heavy (non-hydrogen) atoms. The predicted molar refractivity (Wildman–Crippen MR) is 99.8 cm³/mol. The maximum atomic E-state index is 10.5. The van der Waals surface area contributed by atoms with Crippen LogP contribution in [-0.2, 0) is 0 Å². The number of halogens is 1. The Kier molecular flexibility index (Phi) is 4.77. The number of para-hydroxylation sites is 1. The summed E-state index contributed by atoms with van der Waals surface area (Å²) in [6, 6.07) is 8.86. The molecular weight excluding hydrogens is 320 g/mol. The summed E-state index contributed by atoms with van der Waals surface area (Å²) >= 11 is 6.36. The van der Waals surface area contributed by atoms with E-state index in [4.69, 9.17) is 11.6 Å². The van der Waals surface area contributed by atoms with Gasteiger partial charge in [0.25, 0.3) is 0 Å². The number of aliphatic hydroxyl groups excluding tert-OH is 1. The Morgan fingerprint density at radius 2 is 1.75 bits per heavy atom. The first-order chi connectivity index (χ1) is 11.7.